The van der Waals surface area contributed by atoms with Crippen LogP contribution in [0.25, 0.3) is 0 Å². The van der Waals surface area contributed by atoms with Gasteiger partial charge in [-0.1, -0.05) is 26.0 Å². The average molecular weight is 422 g/mol. The van der Waals surface area contributed by atoms with Gasteiger partial charge in [-0.05, 0) is 30.3 Å². The maximum Gasteiger partial charge on any atom is 0.418 e. The molecule has 0 spiro atoms. The van der Waals surface area contributed by atoms with E-state index in [2.05, 4.69) is 21.2 Å². The number of nitrogens with zero attached hydrogens (tertiary/aromatic N) is 1. The Hall–Kier alpha value is -3.43. The molecule has 3 N–H and O–H groups in total. The van der Waals surface area contributed by atoms with E-state index in [-0.39, 0.29) is 12.3 Å². The Bertz CT molecular complexity index is 1030. The smallest absolute Gasteiger partial charge is 0.308 e. The minimum absolute atomic E-state index is 0.211. The Morgan fingerprint density at radius 3 is 2.53 bits per heavy atom. The number of nitrogens with one attached hydrogen (secondary N) is 3. The molecule has 0 unspecified atom stereocenters. The maximum atomic E-state index is 13.2. The van der Waals surface area contributed by atoms with Crippen LogP contribution in [0, 0.1) is 11.2 Å². The molecule has 0 aliphatic carbocycles. The lowest BCUT2D eigenvalue weighted by Crippen LogP contribution is -2.39. The Kier molecular flexibility index (Phi) is 5.51. The summed E-state index contributed by atoms with van der Waals surface area (Å²) in [7, 11) is 0. The van der Waals surface area contributed by atoms with E-state index >= 15 is 0 Å². The number of hydrazone groups is 1. The predicted molar refractivity (Wildman–Crippen MR) is 104 cm³/mol. The minimum Gasteiger partial charge on any atom is -0.308 e. The van der Waals surface area contributed by atoms with Crippen LogP contribution in [0.2, 0.25) is 0 Å². The highest BCUT2D eigenvalue weighted by molar-refractivity contribution is 6.09. The first-order chi connectivity index (χ1) is 14.0. The molecule has 2 aromatic carbocycles. The summed E-state index contributed by atoms with van der Waals surface area (Å²) in [5.74, 6) is -1.28. The van der Waals surface area contributed by atoms with Gasteiger partial charge in [-0.2, -0.15) is 18.3 Å². The van der Waals surface area contributed by atoms with Crippen LogP contribution < -0.4 is 16.1 Å². The molecular formula is C20H18F4N4O2. The van der Waals surface area contributed by atoms with Gasteiger partial charge in [0.25, 0.3) is 0 Å². The topological polar surface area (TPSA) is 82.6 Å². The fraction of sp³-hybridized carbons (Fsp3) is 0.250. The van der Waals surface area contributed by atoms with Crippen molar-refractivity contribution in [3.05, 3.63) is 59.4 Å². The van der Waals surface area contributed by atoms with E-state index in [9.17, 15) is 27.2 Å². The molecule has 1 heterocycles. The minimum atomic E-state index is -4.83. The number of carbonyl (C=O) groups excluding carboxylic acids is 2. The monoisotopic (exact) mass is 422 g/mol. The van der Waals surface area contributed by atoms with E-state index in [1.807, 2.05) is 13.8 Å². The summed E-state index contributed by atoms with van der Waals surface area (Å²) in [6, 6.07) is 7.57. The van der Waals surface area contributed by atoms with E-state index in [0.717, 1.165) is 12.1 Å². The molecular weight excluding hydrogens is 404 g/mol. The van der Waals surface area contributed by atoms with E-state index in [1.54, 1.807) is 24.3 Å². The van der Waals surface area contributed by atoms with Gasteiger partial charge in [0.15, 0.2) is 0 Å². The molecule has 10 heteroatoms. The van der Waals surface area contributed by atoms with Gasteiger partial charge < -0.3 is 10.6 Å². The quantitative estimate of drug-likeness (QED) is 0.625. The Labute approximate surface area is 169 Å². The highest BCUT2D eigenvalue weighted by Crippen LogP contribution is 2.35. The van der Waals surface area contributed by atoms with Gasteiger partial charge in [-0.15, -0.1) is 0 Å². The molecule has 0 fully saturated rings. The van der Waals surface area contributed by atoms with Crippen LogP contribution in [0.1, 0.15) is 31.4 Å². The number of hydrogen-bond acceptors (Lipinski definition) is 3. The van der Waals surface area contributed by atoms with Crippen LogP contribution in [0.5, 0.6) is 0 Å². The summed E-state index contributed by atoms with van der Waals surface area (Å²) in [6.07, 6.45) is -4.60. The van der Waals surface area contributed by atoms with E-state index in [1.165, 1.54) is 0 Å². The molecule has 1 aliphatic rings. The van der Waals surface area contributed by atoms with Gasteiger partial charge in [0.2, 0.25) is 5.91 Å². The largest absolute Gasteiger partial charge is 0.418 e. The molecule has 0 bridgehead atoms. The molecule has 6 nitrogen and oxygen atoms in total. The summed E-state index contributed by atoms with van der Waals surface area (Å²) < 4.78 is 52.5. The molecule has 0 aromatic heterocycles. The van der Waals surface area contributed by atoms with Crippen molar-refractivity contribution in [2.75, 3.05) is 10.6 Å². The van der Waals surface area contributed by atoms with Crippen LogP contribution in [0.15, 0.2) is 47.6 Å². The fourth-order valence-electron chi connectivity index (χ4n) is 3.14. The fourth-order valence-corrected chi connectivity index (χ4v) is 3.14. The highest BCUT2D eigenvalue weighted by atomic mass is 19.4. The third kappa shape index (κ3) is 4.76. The number of rotatable bonds is 3. The zero-order chi connectivity index (χ0) is 22.1. The number of carbonyl (C=O) groups is 2. The van der Waals surface area contributed by atoms with Gasteiger partial charge in [-0.3, -0.25) is 4.79 Å². The molecule has 0 saturated heterocycles. The van der Waals surface area contributed by atoms with Crippen LogP contribution >= 0.6 is 0 Å². The van der Waals surface area contributed by atoms with Gasteiger partial charge in [-0.25, -0.2) is 14.6 Å². The summed E-state index contributed by atoms with van der Waals surface area (Å²) in [4.78, 5) is 23.8. The van der Waals surface area contributed by atoms with Crippen molar-refractivity contribution in [1.29, 1.82) is 0 Å². The van der Waals surface area contributed by atoms with E-state index < -0.39 is 34.7 Å². The lowest BCUT2D eigenvalue weighted by molar-refractivity contribution is -0.137. The van der Waals surface area contributed by atoms with Crippen LogP contribution in [-0.2, 0) is 11.0 Å². The second-order valence-corrected chi connectivity index (χ2v) is 7.40. The molecule has 3 amide bonds. The highest BCUT2D eigenvalue weighted by Gasteiger charge is 2.35. The zero-order valence-electron chi connectivity index (χ0n) is 16.0. The Balaban J connectivity index is 1.80. The molecule has 2 aromatic rings. The SMILES string of the molecule is CC1(C)CC(=O)NN=C1c1cccc(NC(=O)Nc2ccc(F)cc2C(F)(F)F)c1. The van der Waals surface area contributed by atoms with Crippen LogP contribution in [-0.4, -0.2) is 17.6 Å². The second kappa shape index (κ2) is 7.77. The number of alkyl halides is 3. The zero-order valence-corrected chi connectivity index (χ0v) is 16.0. The molecule has 0 atom stereocenters. The Morgan fingerprint density at radius 1 is 1.13 bits per heavy atom. The van der Waals surface area contributed by atoms with Gasteiger partial charge in [0.1, 0.15) is 5.82 Å². The molecule has 0 radical (unpaired) electrons. The summed E-state index contributed by atoms with van der Waals surface area (Å²) in [5.41, 5.74) is 1.55. The second-order valence-electron chi connectivity index (χ2n) is 7.40. The predicted octanol–water partition coefficient (Wildman–Crippen LogP) is 4.74. The first-order valence-corrected chi connectivity index (χ1v) is 8.88. The lowest BCUT2D eigenvalue weighted by atomic mass is 9.79. The van der Waals surface area contributed by atoms with E-state index in [0.29, 0.717) is 23.0 Å². The summed E-state index contributed by atoms with van der Waals surface area (Å²) in [5, 5.41) is 8.63. The van der Waals surface area contributed by atoms with Crippen LogP contribution in [0.4, 0.5) is 33.7 Å². The van der Waals surface area contributed by atoms with Crippen molar-refractivity contribution in [3.8, 4) is 0 Å². The molecule has 158 valence electrons. The maximum absolute atomic E-state index is 13.2. The Morgan fingerprint density at radius 2 is 1.87 bits per heavy atom. The van der Waals surface area contributed by atoms with Crippen LogP contribution in [0.3, 0.4) is 0 Å². The molecule has 3 rings (SSSR count). The van der Waals surface area contributed by atoms with E-state index in [4.69, 9.17) is 0 Å². The number of benzene rings is 2. The number of urea groups is 1. The third-order valence-electron chi connectivity index (χ3n) is 4.47. The van der Waals surface area contributed by atoms with Crippen molar-refractivity contribution in [2.45, 2.75) is 26.4 Å². The molecule has 0 saturated carbocycles. The number of hydrogen-bond donors (Lipinski definition) is 3. The first-order valence-electron chi connectivity index (χ1n) is 8.88. The van der Waals surface area contributed by atoms with Gasteiger partial charge in [0.05, 0.1) is 17.0 Å². The standard InChI is InChI=1S/C20H18F4N4O2/c1-19(2)10-16(29)27-28-17(19)11-4-3-5-13(8-11)25-18(30)26-15-7-6-12(21)9-14(15)20(22,23)24/h3-9H,10H2,1-2H3,(H,27,29)(H2,25,26,30). The number of amides is 3. The third-order valence-corrected chi connectivity index (χ3v) is 4.47. The lowest BCUT2D eigenvalue weighted by Gasteiger charge is -2.29. The normalized spacial score (nSPS) is 15.8. The van der Waals surface area contributed by atoms with Gasteiger partial charge >= 0.3 is 12.2 Å². The van der Waals surface area contributed by atoms with Crippen molar-refractivity contribution < 1.29 is 27.2 Å². The first kappa shape index (κ1) is 21.3. The molecule has 1 aliphatic heterocycles. The number of anilines is 2. The summed E-state index contributed by atoms with van der Waals surface area (Å²) in [6.45, 7) is 3.70. The van der Waals surface area contributed by atoms with Gasteiger partial charge in [0, 0.05) is 23.1 Å². The molecule has 30 heavy (non-hydrogen) atoms. The number of halogens is 4. The average Bonchev–Trinajstić information content (AvgIpc) is 2.61. The van der Waals surface area contributed by atoms with Crippen molar-refractivity contribution in [1.82, 2.24) is 5.43 Å². The summed E-state index contributed by atoms with van der Waals surface area (Å²) >= 11 is 0. The van der Waals surface area contributed by atoms with Crippen molar-refractivity contribution >= 4 is 29.0 Å². The van der Waals surface area contributed by atoms with Crippen molar-refractivity contribution in [2.24, 2.45) is 10.5 Å². The van der Waals surface area contributed by atoms with Crippen molar-refractivity contribution in [3.63, 3.8) is 0 Å².